The van der Waals surface area contributed by atoms with Crippen molar-refractivity contribution >= 4 is 0 Å². The first kappa shape index (κ1) is 13.2. The zero-order valence-corrected chi connectivity index (χ0v) is 10.7. The maximum absolute atomic E-state index is 13.8. The van der Waals surface area contributed by atoms with Crippen LogP contribution in [-0.4, -0.2) is 13.1 Å². The highest BCUT2D eigenvalue weighted by Crippen LogP contribution is 2.19. The van der Waals surface area contributed by atoms with Gasteiger partial charge in [0, 0.05) is 0 Å². The van der Waals surface area contributed by atoms with Crippen molar-refractivity contribution in [3.05, 3.63) is 34.6 Å². The van der Waals surface area contributed by atoms with Crippen LogP contribution in [-0.2, 0) is 6.42 Å². The van der Waals surface area contributed by atoms with Gasteiger partial charge in [0.05, 0.1) is 0 Å². The van der Waals surface area contributed by atoms with Crippen molar-refractivity contribution in [1.82, 2.24) is 5.32 Å². The molecule has 0 radical (unpaired) electrons. The van der Waals surface area contributed by atoms with E-state index in [4.69, 9.17) is 0 Å². The molecule has 1 aromatic rings. The summed E-state index contributed by atoms with van der Waals surface area (Å²) in [6, 6.07) is 3.68. The monoisotopic (exact) mass is 223 g/mol. The Balaban J connectivity index is 2.73. The molecule has 0 aromatic heterocycles. The smallest absolute Gasteiger partial charge is 0.126 e. The molecule has 0 bridgehead atoms. The molecule has 2 heteroatoms. The fraction of sp³-hybridized carbons (Fsp3) is 0.571. The fourth-order valence-electron chi connectivity index (χ4n) is 2.02. The van der Waals surface area contributed by atoms with Crippen LogP contribution in [0.3, 0.4) is 0 Å². The Labute approximate surface area is 98.1 Å². The van der Waals surface area contributed by atoms with Crippen molar-refractivity contribution in [2.24, 2.45) is 5.92 Å². The first-order chi connectivity index (χ1) is 7.54. The third-order valence-electron chi connectivity index (χ3n) is 2.86. The molecule has 0 aliphatic carbocycles. The van der Waals surface area contributed by atoms with Gasteiger partial charge >= 0.3 is 0 Å². The van der Waals surface area contributed by atoms with E-state index < -0.39 is 0 Å². The number of rotatable bonds is 5. The van der Waals surface area contributed by atoms with Crippen LogP contribution in [0.25, 0.3) is 0 Å². The second-order valence-corrected chi connectivity index (χ2v) is 4.66. The molecule has 16 heavy (non-hydrogen) atoms. The molecule has 0 fully saturated rings. The molecule has 1 atom stereocenters. The Bertz CT molecular complexity index is 324. The second kappa shape index (κ2) is 6.00. The summed E-state index contributed by atoms with van der Waals surface area (Å²) in [5.74, 6) is 0.414. The van der Waals surface area contributed by atoms with Crippen molar-refractivity contribution < 1.29 is 4.39 Å². The number of hydrogen-bond acceptors (Lipinski definition) is 1. The second-order valence-electron chi connectivity index (χ2n) is 4.66. The molecule has 1 nitrogen and oxygen atoms in total. The maximum Gasteiger partial charge on any atom is 0.126 e. The Hall–Kier alpha value is -0.890. The Kier molecular flexibility index (Phi) is 4.94. The zero-order chi connectivity index (χ0) is 12.1. The lowest BCUT2D eigenvalue weighted by atomic mass is 9.95. The minimum atomic E-state index is -0.0548. The van der Waals surface area contributed by atoms with Crippen LogP contribution >= 0.6 is 0 Å². The zero-order valence-electron chi connectivity index (χ0n) is 10.7. The van der Waals surface area contributed by atoms with E-state index in [1.807, 2.05) is 13.8 Å². The molecule has 0 amide bonds. The van der Waals surface area contributed by atoms with E-state index in [0.717, 1.165) is 36.2 Å². The molecule has 90 valence electrons. The van der Waals surface area contributed by atoms with Gasteiger partial charge in [-0.3, -0.25) is 0 Å². The summed E-state index contributed by atoms with van der Waals surface area (Å²) < 4.78 is 13.8. The molecule has 0 aliphatic heterocycles. The van der Waals surface area contributed by atoms with Gasteiger partial charge in [-0.05, 0) is 62.0 Å². The summed E-state index contributed by atoms with van der Waals surface area (Å²) in [4.78, 5) is 0. The molecule has 1 unspecified atom stereocenters. The predicted molar refractivity (Wildman–Crippen MR) is 67.3 cm³/mol. The Morgan fingerprint density at radius 2 is 2.00 bits per heavy atom. The summed E-state index contributed by atoms with van der Waals surface area (Å²) in [6.07, 6.45) is 0.810. The van der Waals surface area contributed by atoms with E-state index in [9.17, 15) is 4.39 Å². The van der Waals surface area contributed by atoms with Crippen LogP contribution in [0, 0.1) is 25.6 Å². The number of hydrogen-bond donors (Lipinski definition) is 1. The molecular weight excluding hydrogens is 201 g/mol. The summed E-state index contributed by atoms with van der Waals surface area (Å²) in [5.41, 5.74) is 2.94. The first-order valence-corrected chi connectivity index (χ1v) is 6.01. The third-order valence-corrected chi connectivity index (χ3v) is 2.86. The van der Waals surface area contributed by atoms with E-state index in [2.05, 4.69) is 25.2 Å². The Morgan fingerprint density at radius 3 is 2.56 bits per heavy atom. The minimum absolute atomic E-state index is 0.0548. The van der Waals surface area contributed by atoms with Gasteiger partial charge in [-0.15, -0.1) is 0 Å². The standard InChI is InChI=1S/C14H22FN/c1-5-16-9-11(3)7-13-12(4)6-10(2)8-14(13)15/h6,8,11,16H,5,7,9H2,1-4H3. The summed E-state index contributed by atoms with van der Waals surface area (Å²) in [5, 5.41) is 3.30. The molecule has 1 aromatic carbocycles. The minimum Gasteiger partial charge on any atom is -0.317 e. The van der Waals surface area contributed by atoms with Crippen LogP contribution < -0.4 is 5.32 Å². The van der Waals surface area contributed by atoms with Crippen LogP contribution in [0.5, 0.6) is 0 Å². The lowest BCUT2D eigenvalue weighted by Crippen LogP contribution is -2.22. The van der Waals surface area contributed by atoms with Gasteiger partial charge in [0.1, 0.15) is 5.82 Å². The largest absolute Gasteiger partial charge is 0.317 e. The van der Waals surface area contributed by atoms with Crippen molar-refractivity contribution in [2.45, 2.75) is 34.1 Å². The molecule has 0 heterocycles. The molecular formula is C14H22FN. The lowest BCUT2D eigenvalue weighted by molar-refractivity contribution is 0.503. The van der Waals surface area contributed by atoms with Gasteiger partial charge in [-0.2, -0.15) is 0 Å². The van der Waals surface area contributed by atoms with Gasteiger partial charge in [0.25, 0.3) is 0 Å². The molecule has 0 aliphatic rings. The van der Waals surface area contributed by atoms with E-state index in [1.165, 1.54) is 0 Å². The van der Waals surface area contributed by atoms with E-state index >= 15 is 0 Å². The topological polar surface area (TPSA) is 12.0 Å². The normalized spacial score (nSPS) is 12.8. The average Bonchev–Trinajstić information content (AvgIpc) is 2.20. The summed E-state index contributed by atoms with van der Waals surface area (Å²) in [6.45, 7) is 10.1. The number of halogens is 1. The van der Waals surface area contributed by atoms with E-state index in [0.29, 0.717) is 5.92 Å². The first-order valence-electron chi connectivity index (χ1n) is 6.01. The average molecular weight is 223 g/mol. The summed E-state index contributed by atoms with van der Waals surface area (Å²) in [7, 11) is 0. The van der Waals surface area contributed by atoms with E-state index in [1.54, 1.807) is 6.07 Å². The van der Waals surface area contributed by atoms with Crippen molar-refractivity contribution in [2.75, 3.05) is 13.1 Å². The van der Waals surface area contributed by atoms with Gasteiger partial charge in [-0.25, -0.2) is 4.39 Å². The highest BCUT2D eigenvalue weighted by Gasteiger charge is 2.10. The fourth-order valence-corrected chi connectivity index (χ4v) is 2.02. The van der Waals surface area contributed by atoms with Crippen molar-refractivity contribution in [3.8, 4) is 0 Å². The van der Waals surface area contributed by atoms with Crippen LogP contribution in [0.2, 0.25) is 0 Å². The van der Waals surface area contributed by atoms with Crippen molar-refractivity contribution in [3.63, 3.8) is 0 Å². The maximum atomic E-state index is 13.8. The number of nitrogens with one attached hydrogen (secondary N) is 1. The summed E-state index contributed by atoms with van der Waals surface area (Å²) >= 11 is 0. The highest BCUT2D eigenvalue weighted by atomic mass is 19.1. The number of aryl methyl sites for hydroxylation is 2. The van der Waals surface area contributed by atoms with Gasteiger partial charge in [-0.1, -0.05) is 19.9 Å². The van der Waals surface area contributed by atoms with Crippen LogP contribution in [0.1, 0.15) is 30.5 Å². The number of benzene rings is 1. The van der Waals surface area contributed by atoms with Gasteiger partial charge < -0.3 is 5.32 Å². The SMILES string of the molecule is CCNCC(C)Cc1c(C)cc(C)cc1F. The Morgan fingerprint density at radius 1 is 1.31 bits per heavy atom. The van der Waals surface area contributed by atoms with Crippen LogP contribution in [0.4, 0.5) is 4.39 Å². The highest BCUT2D eigenvalue weighted by molar-refractivity contribution is 5.32. The molecule has 0 saturated heterocycles. The van der Waals surface area contributed by atoms with E-state index in [-0.39, 0.29) is 5.82 Å². The molecule has 0 saturated carbocycles. The molecule has 1 N–H and O–H groups in total. The molecule has 1 rings (SSSR count). The van der Waals surface area contributed by atoms with Crippen LogP contribution in [0.15, 0.2) is 12.1 Å². The lowest BCUT2D eigenvalue weighted by Gasteiger charge is -2.15. The quantitative estimate of drug-likeness (QED) is 0.808. The third kappa shape index (κ3) is 3.60. The predicted octanol–water partition coefficient (Wildman–Crippen LogP) is 3.23. The van der Waals surface area contributed by atoms with Gasteiger partial charge in [0.15, 0.2) is 0 Å². The van der Waals surface area contributed by atoms with Gasteiger partial charge in [0.2, 0.25) is 0 Å². The van der Waals surface area contributed by atoms with Crippen molar-refractivity contribution in [1.29, 1.82) is 0 Å². The molecule has 0 spiro atoms.